The molecule has 2 aromatic carbocycles. The monoisotopic (exact) mass is 225 g/mol. The molecule has 0 aliphatic heterocycles. The molecule has 2 heteroatoms. The van der Waals surface area contributed by atoms with Crippen LogP contribution in [0.4, 0.5) is 4.39 Å². The molecule has 1 atom stereocenters. The molecule has 1 unspecified atom stereocenters. The Morgan fingerprint density at radius 1 is 1.06 bits per heavy atom. The second-order valence-corrected chi connectivity index (χ2v) is 4.42. The minimum atomic E-state index is -0.185. The molecule has 2 rings (SSSR count). The van der Waals surface area contributed by atoms with E-state index < -0.39 is 0 Å². The van der Waals surface area contributed by atoms with Crippen molar-refractivity contribution in [2.45, 2.75) is 19.7 Å². The highest BCUT2D eigenvalue weighted by Crippen LogP contribution is 2.14. The Labute approximate surface area is 103 Å². The van der Waals surface area contributed by atoms with Crippen LogP contribution in [0.1, 0.15) is 23.9 Å². The molecular formula is C15H15BF-. The average molecular weight is 225 g/mol. The minimum absolute atomic E-state index is 0.185. The first kappa shape index (κ1) is 11.9. The quantitative estimate of drug-likeness (QED) is 0.703. The van der Waals surface area contributed by atoms with Crippen molar-refractivity contribution >= 4 is 12.7 Å². The molecule has 0 fully saturated rings. The lowest BCUT2D eigenvalue weighted by Gasteiger charge is -2.26. The molecule has 0 bridgehead atoms. The van der Waals surface area contributed by atoms with Crippen LogP contribution in [0.25, 0.3) is 0 Å². The average Bonchev–Trinajstić information content (AvgIpc) is 2.29. The maximum Gasteiger partial charge on any atom is 0.119 e. The molecule has 0 amide bonds. The number of hydrogen-bond donors (Lipinski definition) is 0. The topological polar surface area (TPSA) is 0 Å². The predicted octanol–water partition coefficient (Wildman–Crippen LogP) is 3.22. The molecule has 17 heavy (non-hydrogen) atoms. The highest BCUT2D eigenvalue weighted by atomic mass is 19.1. The van der Waals surface area contributed by atoms with E-state index in [0.717, 1.165) is 5.46 Å². The SMILES string of the molecule is Cc1ccc(C(C)[B-]c2cccc(F)c2)cc1. The largest absolute Gasteiger partial charge is 0.287 e. The second kappa shape index (κ2) is 5.18. The molecule has 0 aromatic heterocycles. The van der Waals surface area contributed by atoms with Gasteiger partial charge in [0.15, 0.2) is 0 Å². The van der Waals surface area contributed by atoms with Gasteiger partial charge in [-0.15, -0.1) is 6.07 Å². The molecule has 0 saturated carbocycles. The molecular weight excluding hydrogens is 210 g/mol. The van der Waals surface area contributed by atoms with Gasteiger partial charge in [-0.2, -0.15) is 0 Å². The summed E-state index contributed by atoms with van der Waals surface area (Å²) >= 11 is 0. The van der Waals surface area contributed by atoms with Gasteiger partial charge < -0.3 is 0 Å². The third-order valence-electron chi connectivity index (χ3n) is 2.89. The van der Waals surface area contributed by atoms with Crippen LogP contribution < -0.4 is 5.46 Å². The third kappa shape index (κ3) is 3.19. The number of halogens is 1. The van der Waals surface area contributed by atoms with Gasteiger partial charge in [-0.05, 0) is 13.0 Å². The van der Waals surface area contributed by atoms with Crippen LogP contribution in [0.5, 0.6) is 0 Å². The van der Waals surface area contributed by atoms with Gasteiger partial charge in [0.2, 0.25) is 0 Å². The minimum Gasteiger partial charge on any atom is -0.287 e. The number of aryl methyl sites for hydroxylation is 1. The van der Waals surface area contributed by atoms with Gasteiger partial charge in [-0.1, -0.05) is 54.4 Å². The molecule has 0 N–H and O–H groups in total. The van der Waals surface area contributed by atoms with Crippen molar-refractivity contribution in [1.82, 2.24) is 0 Å². The summed E-state index contributed by atoms with van der Waals surface area (Å²) in [7, 11) is 2.08. The van der Waals surface area contributed by atoms with Gasteiger partial charge in [0, 0.05) is 0 Å². The van der Waals surface area contributed by atoms with Crippen molar-refractivity contribution in [2.75, 3.05) is 0 Å². The Morgan fingerprint density at radius 2 is 1.76 bits per heavy atom. The van der Waals surface area contributed by atoms with E-state index in [1.54, 1.807) is 12.1 Å². The Bertz CT molecular complexity index is 491. The van der Waals surface area contributed by atoms with Gasteiger partial charge >= 0.3 is 0 Å². The molecule has 2 aromatic rings. The Balaban J connectivity index is 2.11. The van der Waals surface area contributed by atoms with Crippen molar-refractivity contribution in [3.8, 4) is 0 Å². The second-order valence-electron chi connectivity index (χ2n) is 4.42. The van der Waals surface area contributed by atoms with Crippen molar-refractivity contribution in [3.63, 3.8) is 0 Å². The Kier molecular flexibility index (Phi) is 3.63. The van der Waals surface area contributed by atoms with Crippen LogP contribution >= 0.6 is 0 Å². The van der Waals surface area contributed by atoms with Crippen LogP contribution in [0.2, 0.25) is 0 Å². The van der Waals surface area contributed by atoms with Crippen LogP contribution in [0.15, 0.2) is 48.5 Å². The molecule has 0 aliphatic rings. The van der Waals surface area contributed by atoms with Crippen LogP contribution in [0.3, 0.4) is 0 Å². The van der Waals surface area contributed by atoms with Gasteiger partial charge in [-0.25, -0.2) is 10.2 Å². The maximum atomic E-state index is 13.1. The van der Waals surface area contributed by atoms with Gasteiger partial charge in [-0.3, -0.25) is 12.7 Å². The van der Waals surface area contributed by atoms with Crippen LogP contribution in [0, 0.1) is 12.7 Å². The van der Waals surface area contributed by atoms with Gasteiger partial charge in [0.25, 0.3) is 0 Å². The lowest BCUT2D eigenvalue weighted by Crippen LogP contribution is -2.20. The highest BCUT2D eigenvalue weighted by Gasteiger charge is 1.95. The predicted molar refractivity (Wildman–Crippen MR) is 71.4 cm³/mol. The molecule has 2 radical (unpaired) electrons. The fourth-order valence-corrected chi connectivity index (χ4v) is 1.87. The van der Waals surface area contributed by atoms with E-state index in [2.05, 4.69) is 45.4 Å². The molecule has 86 valence electrons. The van der Waals surface area contributed by atoms with E-state index in [0.29, 0.717) is 0 Å². The normalized spacial score (nSPS) is 12.4. The summed E-state index contributed by atoms with van der Waals surface area (Å²) in [6.07, 6.45) is 0. The summed E-state index contributed by atoms with van der Waals surface area (Å²) in [4.78, 5) is 0. The van der Waals surface area contributed by atoms with Crippen molar-refractivity contribution in [1.29, 1.82) is 0 Å². The summed E-state index contributed by atoms with van der Waals surface area (Å²) in [6.45, 7) is 4.19. The maximum absolute atomic E-state index is 13.1. The third-order valence-corrected chi connectivity index (χ3v) is 2.89. The molecule has 0 spiro atoms. The van der Waals surface area contributed by atoms with E-state index in [4.69, 9.17) is 0 Å². The molecule has 0 aliphatic carbocycles. The van der Waals surface area contributed by atoms with Gasteiger partial charge in [0.05, 0.1) is 0 Å². The summed E-state index contributed by atoms with van der Waals surface area (Å²) < 4.78 is 13.1. The zero-order chi connectivity index (χ0) is 12.3. The van der Waals surface area contributed by atoms with E-state index in [1.807, 2.05) is 6.07 Å². The lowest BCUT2D eigenvalue weighted by molar-refractivity contribution is 0.629. The Hall–Kier alpha value is -1.57. The van der Waals surface area contributed by atoms with E-state index >= 15 is 0 Å². The van der Waals surface area contributed by atoms with Gasteiger partial charge in [0.1, 0.15) is 5.82 Å². The fourth-order valence-electron chi connectivity index (χ4n) is 1.87. The molecule has 0 nitrogen and oxygen atoms in total. The number of benzene rings is 2. The van der Waals surface area contributed by atoms with E-state index in [-0.39, 0.29) is 11.6 Å². The molecule has 0 heterocycles. The van der Waals surface area contributed by atoms with Crippen molar-refractivity contribution < 1.29 is 4.39 Å². The standard InChI is InChI=1S/C15H15BF/c1-11-6-8-13(9-7-11)12(2)16-14-4-3-5-15(17)10-14/h3-10,12H,1-2H3/q-1. The summed E-state index contributed by atoms with van der Waals surface area (Å²) in [5.41, 5.74) is 3.43. The zero-order valence-corrected chi connectivity index (χ0v) is 10.2. The summed E-state index contributed by atoms with van der Waals surface area (Å²) in [5, 5.41) is 0. The first-order chi connectivity index (χ1) is 8.15. The lowest BCUT2D eigenvalue weighted by atomic mass is 9.57. The molecule has 0 saturated heterocycles. The fraction of sp³-hybridized carbons (Fsp3) is 0.200. The number of rotatable bonds is 3. The number of hydrogen-bond acceptors (Lipinski definition) is 0. The highest BCUT2D eigenvalue weighted by molar-refractivity contribution is 6.54. The smallest absolute Gasteiger partial charge is 0.119 e. The Morgan fingerprint density at radius 3 is 2.41 bits per heavy atom. The first-order valence-corrected chi connectivity index (χ1v) is 5.82. The summed E-state index contributed by atoms with van der Waals surface area (Å²) in [6, 6.07) is 15.1. The van der Waals surface area contributed by atoms with Crippen molar-refractivity contribution in [2.24, 2.45) is 0 Å². The zero-order valence-electron chi connectivity index (χ0n) is 10.2. The van der Waals surface area contributed by atoms with Crippen LogP contribution in [-0.4, -0.2) is 7.28 Å². The van der Waals surface area contributed by atoms with E-state index in [1.165, 1.54) is 17.2 Å². The van der Waals surface area contributed by atoms with Crippen LogP contribution in [-0.2, 0) is 0 Å². The summed E-state index contributed by atoms with van der Waals surface area (Å²) in [5.74, 6) is 0.104. The van der Waals surface area contributed by atoms with Crippen molar-refractivity contribution in [3.05, 3.63) is 65.5 Å². The first-order valence-electron chi connectivity index (χ1n) is 5.82. The van der Waals surface area contributed by atoms with E-state index in [9.17, 15) is 4.39 Å².